The van der Waals surface area contributed by atoms with E-state index in [1.54, 1.807) is 0 Å². The normalized spacial score (nSPS) is 13.4. The van der Waals surface area contributed by atoms with Gasteiger partial charge in [0.15, 0.2) is 0 Å². The Balaban J connectivity index is 2.09. The van der Waals surface area contributed by atoms with Gasteiger partial charge in [-0.25, -0.2) is 0 Å². The molecule has 0 amide bonds. The Bertz CT molecular complexity index is 742. The lowest BCUT2D eigenvalue weighted by molar-refractivity contribution is 0.779. The largest absolute Gasteiger partial charge is 0.0877 e. The first kappa shape index (κ1) is 17.0. The molecule has 0 aromatic heterocycles. The molecule has 2 aromatic rings. The number of aryl methyl sites for hydroxylation is 2. The molecule has 0 saturated carbocycles. The number of rotatable bonds is 3. The van der Waals surface area contributed by atoms with Gasteiger partial charge in [0.2, 0.25) is 0 Å². The van der Waals surface area contributed by atoms with E-state index in [0.717, 1.165) is 6.42 Å². The molecule has 1 aliphatic rings. The van der Waals surface area contributed by atoms with Crippen LogP contribution >= 0.6 is 23.5 Å². The third-order valence-corrected chi connectivity index (χ3v) is 7.11. The lowest BCUT2D eigenvalue weighted by Gasteiger charge is -2.24. The van der Waals surface area contributed by atoms with Crippen LogP contribution in [-0.2, 0) is 6.42 Å². The summed E-state index contributed by atoms with van der Waals surface area (Å²) in [4.78, 5) is 5.71. The van der Waals surface area contributed by atoms with Crippen molar-refractivity contribution in [2.75, 3.05) is 0 Å². The van der Waals surface area contributed by atoms with Crippen molar-refractivity contribution in [1.82, 2.24) is 0 Å². The zero-order valence-corrected chi connectivity index (χ0v) is 16.6. The molecule has 0 atom stereocenters. The summed E-state index contributed by atoms with van der Waals surface area (Å²) in [6.45, 7) is 13.7. The first-order valence-corrected chi connectivity index (χ1v) is 10.2. The van der Waals surface area contributed by atoms with Crippen LogP contribution in [-0.4, -0.2) is 0 Å². The summed E-state index contributed by atoms with van der Waals surface area (Å²) in [6, 6.07) is 9.66. The van der Waals surface area contributed by atoms with Crippen molar-refractivity contribution in [3.63, 3.8) is 0 Å². The van der Waals surface area contributed by atoms with E-state index in [2.05, 4.69) is 65.8 Å². The van der Waals surface area contributed by atoms with Gasteiger partial charge in [-0.05, 0) is 71.7 Å². The van der Waals surface area contributed by atoms with E-state index in [-0.39, 0.29) is 0 Å². The van der Waals surface area contributed by atoms with E-state index in [9.17, 15) is 0 Å². The summed E-state index contributed by atoms with van der Waals surface area (Å²) < 4.78 is 0. The third-order valence-electron chi connectivity index (χ3n) is 4.62. The SMILES string of the molecule is CCc1cc2c(cc1C)Sc1cc(C(C)C)c(C(C)C)cc1S2. The highest BCUT2D eigenvalue weighted by molar-refractivity contribution is 8.05. The average Bonchev–Trinajstić information content (AvgIpc) is 2.50. The first-order chi connectivity index (χ1) is 10.9. The van der Waals surface area contributed by atoms with Crippen molar-refractivity contribution < 1.29 is 0 Å². The summed E-state index contributed by atoms with van der Waals surface area (Å²) >= 11 is 3.90. The van der Waals surface area contributed by atoms with Crippen LogP contribution in [0.3, 0.4) is 0 Å². The Hall–Kier alpha value is -0.860. The van der Waals surface area contributed by atoms with Crippen LogP contribution in [0, 0.1) is 6.92 Å². The minimum absolute atomic E-state index is 0.578. The Kier molecular flexibility index (Phi) is 4.85. The average molecular weight is 343 g/mol. The second kappa shape index (κ2) is 6.57. The Morgan fingerprint density at radius 3 is 1.61 bits per heavy atom. The van der Waals surface area contributed by atoms with Crippen molar-refractivity contribution in [2.45, 2.75) is 79.4 Å². The van der Waals surface area contributed by atoms with Crippen molar-refractivity contribution in [2.24, 2.45) is 0 Å². The summed E-state index contributed by atoms with van der Waals surface area (Å²) in [6.07, 6.45) is 1.11. The monoisotopic (exact) mass is 342 g/mol. The molecule has 0 aliphatic carbocycles. The maximum atomic E-state index is 2.45. The van der Waals surface area contributed by atoms with Gasteiger partial charge >= 0.3 is 0 Å². The van der Waals surface area contributed by atoms with Crippen LogP contribution in [0.5, 0.6) is 0 Å². The molecule has 1 heterocycles. The molecule has 2 heteroatoms. The van der Waals surface area contributed by atoms with Gasteiger partial charge in [0, 0.05) is 19.6 Å². The van der Waals surface area contributed by atoms with Gasteiger partial charge in [-0.15, -0.1) is 0 Å². The first-order valence-electron chi connectivity index (χ1n) is 8.57. The zero-order chi connectivity index (χ0) is 16.7. The van der Waals surface area contributed by atoms with Crippen LogP contribution in [0.1, 0.15) is 68.7 Å². The summed E-state index contributed by atoms with van der Waals surface area (Å²) in [7, 11) is 0. The van der Waals surface area contributed by atoms with E-state index in [4.69, 9.17) is 0 Å². The molecule has 0 nitrogen and oxygen atoms in total. The lowest BCUT2D eigenvalue weighted by Crippen LogP contribution is -2.02. The molecule has 0 fully saturated rings. The molecule has 1 aliphatic heterocycles. The molecule has 0 N–H and O–H groups in total. The van der Waals surface area contributed by atoms with Crippen molar-refractivity contribution in [3.8, 4) is 0 Å². The smallest absolute Gasteiger partial charge is 0.0265 e. The number of hydrogen-bond acceptors (Lipinski definition) is 2. The molecule has 0 radical (unpaired) electrons. The van der Waals surface area contributed by atoms with Crippen LogP contribution in [0.25, 0.3) is 0 Å². The summed E-state index contributed by atoms with van der Waals surface area (Å²) in [5.74, 6) is 1.16. The Morgan fingerprint density at radius 2 is 1.17 bits per heavy atom. The van der Waals surface area contributed by atoms with Gasteiger partial charge in [0.25, 0.3) is 0 Å². The molecular formula is C21H26S2. The molecule has 0 unspecified atom stereocenters. The van der Waals surface area contributed by atoms with Crippen LogP contribution < -0.4 is 0 Å². The maximum absolute atomic E-state index is 2.45. The zero-order valence-electron chi connectivity index (χ0n) is 15.0. The highest BCUT2D eigenvalue weighted by Gasteiger charge is 2.22. The highest BCUT2D eigenvalue weighted by Crippen LogP contribution is 2.51. The van der Waals surface area contributed by atoms with E-state index in [1.807, 2.05) is 23.5 Å². The van der Waals surface area contributed by atoms with E-state index < -0.39 is 0 Å². The molecule has 122 valence electrons. The van der Waals surface area contributed by atoms with Crippen LogP contribution in [0.4, 0.5) is 0 Å². The second-order valence-corrected chi connectivity index (χ2v) is 9.19. The van der Waals surface area contributed by atoms with Gasteiger partial charge in [-0.1, -0.05) is 58.1 Å². The molecular weight excluding hydrogens is 316 g/mol. The van der Waals surface area contributed by atoms with E-state index in [0.29, 0.717) is 11.8 Å². The maximum Gasteiger partial charge on any atom is 0.0265 e. The number of benzene rings is 2. The fourth-order valence-electron chi connectivity index (χ4n) is 3.23. The van der Waals surface area contributed by atoms with Gasteiger partial charge in [-0.2, -0.15) is 0 Å². The van der Waals surface area contributed by atoms with Gasteiger partial charge < -0.3 is 0 Å². The lowest BCUT2D eigenvalue weighted by atomic mass is 9.91. The third kappa shape index (κ3) is 3.21. The van der Waals surface area contributed by atoms with Gasteiger partial charge in [0.05, 0.1) is 0 Å². The molecule has 0 bridgehead atoms. The minimum Gasteiger partial charge on any atom is -0.0877 e. The standard InChI is InChI=1S/C21H26S2/c1-7-15-9-19-18(8-14(15)6)22-20-10-16(12(2)3)17(13(4)5)11-21(20)23-19/h8-13H,7H2,1-6H3. The van der Waals surface area contributed by atoms with Crippen LogP contribution in [0.2, 0.25) is 0 Å². The highest BCUT2D eigenvalue weighted by atomic mass is 32.2. The second-order valence-electron chi connectivity index (χ2n) is 7.02. The molecule has 23 heavy (non-hydrogen) atoms. The predicted molar refractivity (Wildman–Crippen MR) is 103 cm³/mol. The number of fused-ring (bicyclic) bond motifs is 2. The molecule has 2 aromatic carbocycles. The number of hydrogen-bond donors (Lipinski definition) is 0. The van der Waals surface area contributed by atoms with Crippen molar-refractivity contribution in [1.29, 1.82) is 0 Å². The fourth-order valence-corrected chi connectivity index (χ4v) is 5.65. The topological polar surface area (TPSA) is 0 Å². The Morgan fingerprint density at radius 1 is 0.739 bits per heavy atom. The quantitative estimate of drug-likeness (QED) is 0.485. The molecule has 3 rings (SSSR count). The Labute approximate surface area is 149 Å². The molecule has 0 saturated heterocycles. The summed E-state index contributed by atoms with van der Waals surface area (Å²) in [5, 5.41) is 0. The van der Waals surface area contributed by atoms with Gasteiger partial charge in [-0.3, -0.25) is 0 Å². The van der Waals surface area contributed by atoms with Gasteiger partial charge in [0.1, 0.15) is 0 Å². The summed E-state index contributed by atoms with van der Waals surface area (Å²) in [5.41, 5.74) is 5.92. The minimum atomic E-state index is 0.578. The molecule has 0 spiro atoms. The fraction of sp³-hybridized carbons (Fsp3) is 0.429. The van der Waals surface area contributed by atoms with E-state index in [1.165, 1.54) is 41.8 Å². The predicted octanol–water partition coefficient (Wildman–Crippen LogP) is 7.42. The van der Waals surface area contributed by atoms with Crippen LogP contribution in [0.15, 0.2) is 43.8 Å². The van der Waals surface area contributed by atoms with E-state index >= 15 is 0 Å². The van der Waals surface area contributed by atoms with Crippen molar-refractivity contribution in [3.05, 3.63) is 46.5 Å². The van der Waals surface area contributed by atoms with Crippen molar-refractivity contribution >= 4 is 23.5 Å².